The number of halogens is 1. The molecule has 2 fully saturated rings. The zero-order valence-electron chi connectivity index (χ0n) is 8.81. The van der Waals surface area contributed by atoms with Gasteiger partial charge in [0.15, 0.2) is 0 Å². The Morgan fingerprint density at radius 2 is 1.85 bits per heavy atom. The first-order chi connectivity index (χ1) is 5.98. The lowest BCUT2D eigenvalue weighted by Crippen LogP contribution is -2.35. The van der Waals surface area contributed by atoms with Crippen LogP contribution < -0.4 is 0 Å². The van der Waals surface area contributed by atoms with Crippen molar-refractivity contribution in [1.82, 2.24) is 0 Å². The summed E-state index contributed by atoms with van der Waals surface area (Å²) >= 11 is 4.01. The molecule has 1 nitrogen and oxygen atoms in total. The zero-order valence-corrected chi connectivity index (χ0v) is 12.4. The van der Waals surface area contributed by atoms with Gasteiger partial charge in [0.05, 0.1) is 6.10 Å². The molecule has 2 rings (SSSR count). The average molecular weight is 305 g/mol. The molecule has 0 amide bonds. The topological polar surface area (TPSA) is 20.2 Å². The van der Waals surface area contributed by atoms with Crippen LogP contribution >= 0.6 is 18.9 Å². The van der Waals surface area contributed by atoms with Crippen LogP contribution in [0.3, 0.4) is 0 Å². The van der Waals surface area contributed by atoms with Crippen LogP contribution in [0.25, 0.3) is 0 Å². The van der Waals surface area contributed by atoms with Crippen LogP contribution in [0.5, 0.6) is 0 Å². The van der Waals surface area contributed by atoms with Crippen LogP contribution in [-0.4, -0.2) is 29.0 Å². The van der Waals surface area contributed by atoms with Gasteiger partial charge in [-0.3, -0.25) is 0 Å². The SMILES string of the molecule is CC1(C)C2CCC1(C)C(O)C2.[Mg+2][I]. The molecular formula is C10H18IMgO+2. The minimum Gasteiger partial charge on any atom is -0.393 e. The fourth-order valence-corrected chi connectivity index (χ4v) is 3.16. The van der Waals surface area contributed by atoms with Gasteiger partial charge in [-0.15, -0.1) is 0 Å². The smallest absolute Gasteiger partial charge is 0.393 e. The van der Waals surface area contributed by atoms with Crippen molar-refractivity contribution in [3.8, 4) is 0 Å². The van der Waals surface area contributed by atoms with Gasteiger partial charge < -0.3 is 5.11 Å². The normalized spacial score (nSPS) is 45.7. The van der Waals surface area contributed by atoms with E-state index < -0.39 is 0 Å². The Balaban J connectivity index is 0.000000396. The molecule has 7 radical (unpaired) electrons. The van der Waals surface area contributed by atoms with Crippen LogP contribution in [-0.2, 0) is 0 Å². The second-order valence-corrected chi connectivity index (χ2v) is 5.13. The van der Waals surface area contributed by atoms with Crippen LogP contribution in [0.1, 0.15) is 40.0 Å². The second kappa shape index (κ2) is 4.14. The number of fused-ring (bicyclic) bond motifs is 2. The summed E-state index contributed by atoms with van der Waals surface area (Å²) < 4.78 is 0. The molecule has 0 aromatic carbocycles. The first-order valence-corrected chi connectivity index (χ1v) is 10.0. The maximum atomic E-state index is 9.81. The molecule has 1 N–H and O–H groups in total. The van der Waals surface area contributed by atoms with Gasteiger partial charge in [0.25, 0.3) is 0 Å². The van der Waals surface area contributed by atoms with Crippen molar-refractivity contribution in [2.24, 2.45) is 16.7 Å². The first-order valence-electron chi connectivity index (χ1n) is 4.93. The lowest BCUT2D eigenvalue weighted by molar-refractivity contribution is 0.0126. The number of hydrogen-bond donors (Lipinski definition) is 1. The Morgan fingerprint density at radius 1 is 1.31 bits per heavy atom. The number of aliphatic hydroxyl groups excluding tert-OH is 1. The summed E-state index contributed by atoms with van der Waals surface area (Å²) in [7, 11) is 0. The lowest BCUT2D eigenvalue weighted by Gasteiger charge is -2.36. The summed E-state index contributed by atoms with van der Waals surface area (Å²) in [6.45, 7) is 6.90. The molecule has 2 aliphatic rings. The predicted molar refractivity (Wildman–Crippen MR) is 65.0 cm³/mol. The summed E-state index contributed by atoms with van der Waals surface area (Å²) in [4.78, 5) is 0. The van der Waals surface area contributed by atoms with Crippen molar-refractivity contribution < 1.29 is 5.11 Å². The molecule has 3 heteroatoms. The summed E-state index contributed by atoms with van der Waals surface area (Å²) in [6, 6.07) is 0. The van der Waals surface area contributed by atoms with Crippen LogP contribution in [0.2, 0.25) is 0 Å². The fourth-order valence-electron chi connectivity index (χ4n) is 3.16. The van der Waals surface area contributed by atoms with E-state index in [0.717, 1.165) is 12.3 Å². The highest BCUT2D eigenvalue weighted by Crippen LogP contribution is 2.65. The minimum atomic E-state index is -0.0313. The van der Waals surface area contributed by atoms with Gasteiger partial charge in [0.1, 0.15) is 0 Å². The molecular weight excluding hydrogens is 287 g/mol. The van der Waals surface area contributed by atoms with Crippen molar-refractivity contribution in [2.75, 3.05) is 0 Å². The van der Waals surface area contributed by atoms with E-state index in [9.17, 15) is 5.11 Å². The summed E-state index contributed by atoms with van der Waals surface area (Å²) in [5.74, 6) is 0.780. The van der Waals surface area contributed by atoms with E-state index >= 15 is 0 Å². The van der Waals surface area contributed by atoms with Crippen molar-refractivity contribution in [3.05, 3.63) is 0 Å². The van der Waals surface area contributed by atoms with Gasteiger partial charge in [-0.05, 0) is 36.0 Å². The Kier molecular flexibility index (Phi) is 3.99. The molecule has 0 aromatic rings. The largest absolute Gasteiger partial charge is 1.49 e. The number of hydrogen-bond acceptors (Lipinski definition) is 1. The van der Waals surface area contributed by atoms with Crippen LogP contribution in [0.4, 0.5) is 0 Å². The average Bonchev–Trinajstić information content (AvgIpc) is 2.41. The van der Waals surface area contributed by atoms with Crippen LogP contribution in [0, 0.1) is 16.7 Å². The van der Waals surface area contributed by atoms with Gasteiger partial charge in [-0.1, -0.05) is 20.8 Å². The van der Waals surface area contributed by atoms with E-state index in [4.69, 9.17) is 0 Å². The van der Waals surface area contributed by atoms with Gasteiger partial charge in [-0.2, -0.15) is 0 Å². The molecule has 71 valence electrons. The first kappa shape index (κ1) is 12.5. The standard InChI is InChI=1S/C10H18O.HI.Mg/c1-9(2)7-4-5-10(9,3)8(11)6-7;;/h7-8,11H,4-6H2,1-3H3;1H;/q;;+3/p-1. The highest BCUT2D eigenvalue weighted by Gasteiger charge is 2.60. The maximum Gasteiger partial charge on any atom is 1.49 e. The van der Waals surface area contributed by atoms with Crippen LogP contribution in [0.15, 0.2) is 0 Å². The monoisotopic (exact) mass is 305 g/mol. The highest BCUT2D eigenvalue weighted by atomic mass is 127. The molecule has 13 heavy (non-hydrogen) atoms. The quantitative estimate of drug-likeness (QED) is 0.539. The zero-order chi connectivity index (χ0) is 10.3. The molecule has 0 saturated heterocycles. The fraction of sp³-hybridized carbons (Fsp3) is 1.00. The summed E-state index contributed by atoms with van der Waals surface area (Å²) in [5.41, 5.74) is 0.601. The predicted octanol–water partition coefficient (Wildman–Crippen LogP) is 2.70. The van der Waals surface area contributed by atoms with E-state index in [0.29, 0.717) is 5.41 Å². The highest BCUT2D eigenvalue weighted by molar-refractivity contribution is 14.1. The van der Waals surface area contributed by atoms with Gasteiger partial charge >= 0.3 is 36.7 Å². The van der Waals surface area contributed by atoms with Gasteiger partial charge in [-0.25, -0.2) is 0 Å². The van der Waals surface area contributed by atoms with Gasteiger partial charge in [0.2, 0.25) is 0 Å². The maximum absolute atomic E-state index is 9.81. The minimum absolute atomic E-state index is 0.0313. The van der Waals surface area contributed by atoms with E-state index in [-0.39, 0.29) is 11.5 Å². The molecule has 3 unspecified atom stereocenters. The molecule has 0 aliphatic heterocycles. The number of aliphatic hydroxyl groups is 1. The third kappa shape index (κ3) is 1.68. The molecule has 0 spiro atoms. The molecule has 3 atom stereocenters. The third-order valence-electron chi connectivity index (χ3n) is 4.75. The van der Waals surface area contributed by atoms with Crippen molar-refractivity contribution >= 4 is 36.7 Å². The van der Waals surface area contributed by atoms with E-state index in [1.807, 2.05) is 17.8 Å². The molecule has 0 heterocycles. The lowest BCUT2D eigenvalue weighted by atomic mass is 9.70. The summed E-state index contributed by atoms with van der Waals surface area (Å²) in [6.07, 6.45) is 3.58. The Morgan fingerprint density at radius 3 is 2.00 bits per heavy atom. The molecule has 0 aromatic heterocycles. The van der Waals surface area contributed by atoms with Crippen molar-refractivity contribution in [3.63, 3.8) is 0 Å². The van der Waals surface area contributed by atoms with E-state index in [1.165, 1.54) is 12.8 Å². The third-order valence-corrected chi connectivity index (χ3v) is 4.75. The Labute approximate surface area is 104 Å². The molecule has 2 aliphatic carbocycles. The number of rotatable bonds is 0. The van der Waals surface area contributed by atoms with Crippen molar-refractivity contribution in [1.29, 1.82) is 0 Å². The van der Waals surface area contributed by atoms with E-state index in [1.54, 1.807) is 0 Å². The van der Waals surface area contributed by atoms with E-state index in [2.05, 4.69) is 39.6 Å². The summed E-state index contributed by atoms with van der Waals surface area (Å²) in [5, 5.41) is 9.81. The molecule has 2 saturated carbocycles. The Hall–Kier alpha value is 1.46. The Bertz CT molecular complexity index is 195. The second-order valence-electron chi connectivity index (χ2n) is 5.13. The van der Waals surface area contributed by atoms with Gasteiger partial charge in [0, 0.05) is 0 Å². The molecule has 2 bridgehead atoms. The van der Waals surface area contributed by atoms with Crippen molar-refractivity contribution in [2.45, 2.75) is 46.1 Å².